The normalized spacial score (nSPS) is 18.5. The third kappa shape index (κ3) is 2.77. The van der Waals surface area contributed by atoms with Gasteiger partial charge >= 0.3 is 0 Å². The summed E-state index contributed by atoms with van der Waals surface area (Å²) in [5, 5.41) is 3.32. The molecule has 6 heteroatoms. The number of thiophene rings is 1. The highest BCUT2D eigenvalue weighted by atomic mass is 35.5. The van der Waals surface area contributed by atoms with Crippen molar-refractivity contribution in [1.82, 2.24) is 14.5 Å². The molecule has 0 saturated carbocycles. The molecule has 0 N–H and O–H groups in total. The Hall–Kier alpha value is -1.69. The van der Waals surface area contributed by atoms with Crippen LogP contribution in [-0.4, -0.2) is 34.6 Å². The van der Waals surface area contributed by atoms with Crippen LogP contribution in [0.25, 0.3) is 21.3 Å². The Labute approximate surface area is 149 Å². The van der Waals surface area contributed by atoms with Gasteiger partial charge in [0.25, 0.3) is 5.56 Å². The summed E-state index contributed by atoms with van der Waals surface area (Å²) in [6.45, 7) is 2.85. The highest BCUT2D eigenvalue weighted by molar-refractivity contribution is 7.17. The molecule has 4 rings (SSSR count). The van der Waals surface area contributed by atoms with E-state index in [0.717, 1.165) is 42.0 Å². The second-order valence-corrected chi connectivity index (χ2v) is 7.69. The van der Waals surface area contributed by atoms with Crippen LogP contribution in [0.3, 0.4) is 0 Å². The van der Waals surface area contributed by atoms with Crippen molar-refractivity contribution in [3.8, 4) is 11.1 Å². The van der Waals surface area contributed by atoms with Crippen LogP contribution >= 0.6 is 22.9 Å². The maximum absolute atomic E-state index is 13.0. The Morgan fingerprint density at radius 2 is 2.17 bits per heavy atom. The van der Waals surface area contributed by atoms with E-state index in [0.29, 0.717) is 16.3 Å². The van der Waals surface area contributed by atoms with Gasteiger partial charge in [-0.2, -0.15) is 0 Å². The number of likely N-dealkylation sites (tertiary alicyclic amines) is 1. The number of rotatable bonds is 3. The van der Waals surface area contributed by atoms with Crippen molar-refractivity contribution in [2.24, 2.45) is 5.92 Å². The molecule has 0 bridgehead atoms. The van der Waals surface area contributed by atoms with Crippen molar-refractivity contribution in [2.45, 2.75) is 13.0 Å². The van der Waals surface area contributed by atoms with E-state index in [1.807, 2.05) is 29.6 Å². The molecule has 4 nitrogen and oxygen atoms in total. The first-order valence-corrected chi connectivity index (χ1v) is 9.29. The van der Waals surface area contributed by atoms with E-state index >= 15 is 0 Å². The van der Waals surface area contributed by atoms with Gasteiger partial charge in [-0.15, -0.1) is 11.3 Å². The zero-order valence-electron chi connectivity index (χ0n) is 13.4. The highest BCUT2D eigenvalue weighted by Crippen LogP contribution is 2.34. The molecule has 1 aliphatic heterocycles. The van der Waals surface area contributed by atoms with Gasteiger partial charge in [-0.1, -0.05) is 29.8 Å². The van der Waals surface area contributed by atoms with E-state index in [-0.39, 0.29) is 5.56 Å². The summed E-state index contributed by atoms with van der Waals surface area (Å²) in [7, 11) is 2.12. The van der Waals surface area contributed by atoms with E-state index in [2.05, 4.69) is 16.9 Å². The van der Waals surface area contributed by atoms with Crippen LogP contribution in [0, 0.1) is 5.92 Å². The molecule has 2 aromatic heterocycles. The van der Waals surface area contributed by atoms with Crippen LogP contribution in [0.1, 0.15) is 6.42 Å². The van der Waals surface area contributed by atoms with E-state index in [4.69, 9.17) is 11.6 Å². The van der Waals surface area contributed by atoms with Gasteiger partial charge in [0.1, 0.15) is 4.83 Å². The van der Waals surface area contributed by atoms with Gasteiger partial charge in [-0.05, 0) is 32.0 Å². The molecular formula is C18H18ClN3OS. The first-order chi connectivity index (χ1) is 11.6. The number of halogens is 1. The molecule has 1 saturated heterocycles. The predicted octanol–water partition coefficient (Wildman–Crippen LogP) is 3.73. The van der Waals surface area contributed by atoms with Gasteiger partial charge < -0.3 is 4.90 Å². The predicted molar refractivity (Wildman–Crippen MR) is 99.9 cm³/mol. The van der Waals surface area contributed by atoms with Gasteiger partial charge in [-0.3, -0.25) is 9.36 Å². The van der Waals surface area contributed by atoms with Crippen molar-refractivity contribution < 1.29 is 0 Å². The van der Waals surface area contributed by atoms with Gasteiger partial charge in [-0.25, -0.2) is 4.98 Å². The molecule has 1 atom stereocenters. The first kappa shape index (κ1) is 15.8. The van der Waals surface area contributed by atoms with Crippen molar-refractivity contribution in [2.75, 3.05) is 20.1 Å². The molecule has 3 heterocycles. The molecule has 1 aliphatic rings. The third-order valence-corrected chi connectivity index (χ3v) is 5.88. The monoisotopic (exact) mass is 359 g/mol. The molecule has 0 unspecified atom stereocenters. The number of hydrogen-bond acceptors (Lipinski definition) is 4. The fourth-order valence-corrected chi connectivity index (χ4v) is 4.56. The fourth-order valence-electron chi connectivity index (χ4n) is 3.43. The molecule has 124 valence electrons. The standard InChI is InChI=1S/C18H18ClN3OS/c1-21-7-6-12(8-21)9-22-11-20-17-16(18(22)23)14(10-24-17)13-4-2-3-5-15(13)19/h2-5,10-12H,6-9H2,1H3/t12-/m1/s1. The fraction of sp³-hybridized carbons (Fsp3) is 0.333. The molecule has 0 amide bonds. The van der Waals surface area contributed by atoms with Crippen molar-refractivity contribution in [3.63, 3.8) is 0 Å². The minimum atomic E-state index is 0.0331. The lowest BCUT2D eigenvalue weighted by Crippen LogP contribution is -2.25. The van der Waals surface area contributed by atoms with Crippen LogP contribution in [0.5, 0.6) is 0 Å². The lowest BCUT2D eigenvalue weighted by Gasteiger charge is -2.12. The quantitative estimate of drug-likeness (QED) is 0.715. The number of nitrogens with zero attached hydrogens (tertiary/aromatic N) is 3. The Morgan fingerprint density at radius 3 is 2.92 bits per heavy atom. The largest absolute Gasteiger partial charge is 0.306 e. The molecular weight excluding hydrogens is 342 g/mol. The van der Waals surface area contributed by atoms with Gasteiger partial charge in [0.15, 0.2) is 0 Å². The van der Waals surface area contributed by atoms with E-state index in [1.54, 1.807) is 10.9 Å². The summed E-state index contributed by atoms with van der Waals surface area (Å²) in [4.78, 5) is 20.6. The Morgan fingerprint density at radius 1 is 1.33 bits per heavy atom. The molecule has 24 heavy (non-hydrogen) atoms. The van der Waals surface area contributed by atoms with Crippen LogP contribution < -0.4 is 5.56 Å². The Kier molecular flexibility index (Phi) is 4.16. The van der Waals surface area contributed by atoms with Crippen LogP contribution in [0.15, 0.2) is 40.8 Å². The van der Waals surface area contributed by atoms with E-state index in [1.165, 1.54) is 11.3 Å². The molecule has 0 aliphatic carbocycles. The van der Waals surface area contributed by atoms with Crippen molar-refractivity contribution in [3.05, 3.63) is 51.3 Å². The van der Waals surface area contributed by atoms with Gasteiger partial charge in [0.2, 0.25) is 0 Å². The van der Waals surface area contributed by atoms with Crippen molar-refractivity contribution >= 4 is 33.2 Å². The lowest BCUT2D eigenvalue weighted by molar-refractivity contribution is 0.375. The average molecular weight is 360 g/mol. The summed E-state index contributed by atoms with van der Waals surface area (Å²) < 4.78 is 1.76. The number of benzene rings is 1. The minimum absolute atomic E-state index is 0.0331. The smallest absolute Gasteiger partial charge is 0.262 e. The second kappa shape index (κ2) is 6.31. The number of fused-ring (bicyclic) bond motifs is 1. The topological polar surface area (TPSA) is 38.1 Å². The Balaban J connectivity index is 1.79. The van der Waals surface area contributed by atoms with Crippen molar-refractivity contribution in [1.29, 1.82) is 0 Å². The van der Waals surface area contributed by atoms with Crippen LogP contribution in [0.4, 0.5) is 0 Å². The van der Waals surface area contributed by atoms with Crippen LogP contribution in [0.2, 0.25) is 5.02 Å². The van der Waals surface area contributed by atoms with Gasteiger partial charge in [0, 0.05) is 34.6 Å². The summed E-state index contributed by atoms with van der Waals surface area (Å²) in [5.74, 6) is 0.509. The maximum atomic E-state index is 13.0. The van der Waals surface area contributed by atoms with Crippen LogP contribution in [-0.2, 0) is 6.54 Å². The zero-order chi connectivity index (χ0) is 16.7. The minimum Gasteiger partial charge on any atom is -0.306 e. The van der Waals surface area contributed by atoms with E-state index in [9.17, 15) is 4.79 Å². The third-order valence-electron chi connectivity index (χ3n) is 4.67. The molecule has 0 spiro atoms. The van der Waals surface area contributed by atoms with Gasteiger partial charge in [0.05, 0.1) is 11.7 Å². The maximum Gasteiger partial charge on any atom is 0.262 e. The number of aromatic nitrogens is 2. The summed E-state index contributed by atoms with van der Waals surface area (Å²) in [5.41, 5.74) is 1.81. The zero-order valence-corrected chi connectivity index (χ0v) is 15.0. The Bertz CT molecular complexity index is 949. The lowest BCUT2D eigenvalue weighted by atomic mass is 10.1. The first-order valence-electron chi connectivity index (χ1n) is 8.03. The molecule has 1 aromatic carbocycles. The highest BCUT2D eigenvalue weighted by Gasteiger charge is 2.21. The van der Waals surface area contributed by atoms with E-state index < -0.39 is 0 Å². The molecule has 1 fully saturated rings. The number of hydrogen-bond donors (Lipinski definition) is 0. The second-order valence-electron chi connectivity index (χ2n) is 6.43. The molecule has 0 radical (unpaired) electrons. The molecule has 3 aromatic rings. The SMILES string of the molecule is CN1CC[C@@H](Cn2cnc3scc(-c4ccccc4Cl)c3c2=O)C1. The summed E-state index contributed by atoms with van der Waals surface area (Å²) in [6.07, 6.45) is 2.82. The average Bonchev–Trinajstić information content (AvgIpc) is 3.17. The summed E-state index contributed by atoms with van der Waals surface area (Å²) >= 11 is 7.82. The summed E-state index contributed by atoms with van der Waals surface area (Å²) in [6, 6.07) is 7.64.